The molecule has 28 heavy (non-hydrogen) atoms. The Bertz CT molecular complexity index is 845. The molecular weight excluding hydrogens is 378 g/mol. The Kier molecular flexibility index (Phi) is 8.46. The highest BCUT2D eigenvalue weighted by Gasteiger charge is 2.14. The van der Waals surface area contributed by atoms with Crippen molar-refractivity contribution < 1.29 is 12.9 Å². The zero-order valence-electron chi connectivity index (χ0n) is 16.6. The Hall–Kier alpha value is -2.39. The van der Waals surface area contributed by atoms with Gasteiger partial charge in [0.05, 0.1) is 17.1 Å². The molecule has 2 rings (SSSR count). The van der Waals surface area contributed by atoms with Gasteiger partial charge < -0.3 is 15.2 Å². The first kappa shape index (κ1) is 21.9. The van der Waals surface area contributed by atoms with Crippen molar-refractivity contribution in [2.24, 2.45) is 4.99 Å². The van der Waals surface area contributed by atoms with E-state index in [1.54, 1.807) is 37.4 Å². The van der Waals surface area contributed by atoms with Crippen molar-refractivity contribution >= 4 is 16.0 Å². The fourth-order valence-corrected chi connectivity index (χ4v) is 3.81. The van der Waals surface area contributed by atoms with E-state index in [1.807, 2.05) is 6.07 Å². The molecule has 0 amide bonds. The highest BCUT2D eigenvalue weighted by Crippen LogP contribution is 2.22. The van der Waals surface area contributed by atoms with Crippen LogP contribution in [0.1, 0.15) is 44.1 Å². The number of aliphatic imine (C=N–C) groups is 1. The van der Waals surface area contributed by atoms with E-state index in [2.05, 4.69) is 39.4 Å². The van der Waals surface area contributed by atoms with Gasteiger partial charge in [-0.1, -0.05) is 37.2 Å². The van der Waals surface area contributed by atoms with E-state index in [0.717, 1.165) is 24.3 Å². The van der Waals surface area contributed by atoms with Crippen LogP contribution in [0.25, 0.3) is 0 Å². The molecule has 2 aromatic rings. The lowest BCUT2D eigenvalue weighted by atomic mass is 9.99. The molecule has 0 saturated carbocycles. The Morgan fingerprint density at radius 1 is 1.14 bits per heavy atom. The van der Waals surface area contributed by atoms with Crippen molar-refractivity contribution in [3.05, 3.63) is 47.9 Å². The maximum Gasteiger partial charge on any atom is 0.240 e. The quantitative estimate of drug-likeness (QED) is 0.317. The second kappa shape index (κ2) is 10.8. The van der Waals surface area contributed by atoms with Crippen molar-refractivity contribution in [2.75, 3.05) is 20.1 Å². The molecule has 0 atom stereocenters. The number of aromatic nitrogens is 1. The molecule has 0 saturated heterocycles. The monoisotopic (exact) mass is 407 g/mol. The predicted octanol–water partition coefficient (Wildman–Crippen LogP) is 2.22. The molecule has 0 aliphatic heterocycles. The summed E-state index contributed by atoms with van der Waals surface area (Å²) < 4.78 is 32.3. The summed E-state index contributed by atoms with van der Waals surface area (Å²) in [6.45, 7) is 5.35. The van der Waals surface area contributed by atoms with Crippen LogP contribution in [0.15, 0.2) is 50.8 Å². The maximum absolute atomic E-state index is 12.2. The third-order valence-electron chi connectivity index (χ3n) is 4.40. The smallest absolute Gasteiger partial charge is 0.240 e. The summed E-state index contributed by atoms with van der Waals surface area (Å²) in [5.74, 6) is 1.70. The topological polar surface area (TPSA) is 109 Å². The zero-order valence-corrected chi connectivity index (χ0v) is 17.4. The molecule has 3 N–H and O–H groups in total. The number of rotatable bonds is 10. The number of hydrogen-bond donors (Lipinski definition) is 3. The number of benzene rings is 1. The van der Waals surface area contributed by atoms with Crippen LogP contribution >= 0.6 is 0 Å². The summed E-state index contributed by atoms with van der Waals surface area (Å²) in [6.07, 6.45) is 2.05. The molecule has 1 aromatic carbocycles. The molecule has 0 radical (unpaired) electrons. The zero-order chi connectivity index (χ0) is 20.4. The lowest BCUT2D eigenvalue weighted by Crippen LogP contribution is -2.41. The van der Waals surface area contributed by atoms with Gasteiger partial charge in [0.2, 0.25) is 10.0 Å². The van der Waals surface area contributed by atoms with Crippen LogP contribution < -0.4 is 15.4 Å². The van der Waals surface area contributed by atoms with Crippen LogP contribution in [0, 0.1) is 0 Å². The van der Waals surface area contributed by atoms with E-state index < -0.39 is 10.0 Å². The largest absolute Gasteiger partial charge is 0.359 e. The van der Waals surface area contributed by atoms with E-state index in [4.69, 9.17) is 4.52 Å². The average molecular weight is 408 g/mol. The van der Waals surface area contributed by atoms with Crippen molar-refractivity contribution in [2.45, 2.75) is 44.0 Å². The Labute approximate surface area is 166 Å². The molecule has 0 aliphatic rings. The van der Waals surface area contributed by atoms with Gasteiger partial charge in [-0.3, -0.25) is 4.99 Å². The molecule has 8 nitrogen and oxygen atoms in total. The van der Waals surface area contributed by atoms with Crippen molar-refractivity contribution in [1.82, 2.24) is 20.5 Å². The molecular formula is C19H29N5O3S. The summed E-state index contributed by atoms with van der Waals surface area (Å²) in [5.41, 5.74) is 0.972. The summed E-state index contributed by atoms with van der Waals surface area (Å²) in [5, 5.41) is 10.3. The maximum atomic E-state index is 12.2. The van der Waals surface area contributed by atoms with E-state index in [1.165, 1.54) is 0 Å². The van der Waals surface area contributed by atoms with Crippen LogP contribution in [-0.2, 0) is 16.6 Å². The fraction of sp³-hybridized carbons (Fsp3) is 0.474. The minimum absolute atomic E-state index is 0.235. The van der Waals surface area contributed by atoms with Gasteiger partial charge in [0.1, 0.15) is 0 Å². The Balaban J connectivity index is 1.76. The number of nitrogens with one attached hydrogen (secondary N) is 3. The van der Waals surface area contributed by atoms with Crippen LogP contribution in [0.5, 0.6) is 0 Å². The van der Waals surface area contributed by atoms with Gasteiger partial charge in [0, 0.05) is 32.1 Å². The molecule has 1 aromatic heterocycles. The molecule has 0 unspecified atom stereocenters. The van der Waals surface area contributed by atoms with Gasteiger partial charge in [-0.15, -0.1) is 0 Å². The Morgan fingerprint density at radius 2 is 1.86 bits per heavy atom. The Morgan fingerprint density at radius 3 is 2.50 bits per heavy atom. The van der Waals surface area contributed by atoms with Gasteiger partial charge >= 0.3 is 0 Å². The first-order chi connectivity index (χ1) is 13.5. The van der Waals surface area contributed by atoms with Gasteiger partial charge in [0.25, 0.3) is 0 Å². The van der Waals surface area contributed by atoms with E-state index in [0.29, 0.717) is 25.0 Å². The van der Waals surface area contributed by atoms with Crippen LogP contribution in [-0.4, -0.2) is 39.7 Å². The molecule has 0 bridgehead atoms. The van der Waals surface area contributed by atoms with E-state index >= 15 is 0 Å². The molecule has 0 spiro atoms. The lowest BCUT2D eigenvalue weighted by molar-refractivity contribution is 0.368. The van der Waals surface area contributed by atoms with Gasteiger partial charge in [0.15, 0.2) is 11.7 Å². The molecule has 0 fully saturated rings. The second-order valence-corrected chi connectivity index (χ2v) is 8.06. The predicted molar refractivity (Wildman–Crippen MR) is 110 cm³/mol. The highest BCUT2D eigenvalue weighted by atomic mass is 32.2. The minimum atomic E-state index is -3.50. The average Bonchev–Trinajstić information content (AvgIpc) is 3.18. The SMILES string of the molecule is CCC(CC)c1cc(CNC(=NC)NCCNS(=O)(=O)c2ccccc2)on1. The van der Waals surface area contributed by atoms with Crippen LogP contribution in [0.4, 0.5) is 0 Å². The first-order valence-corrected chi connectivity index (χ1v) is 10.9. The van der Waals surface area contributed by atoms with E-state index in [9.17, 15) is 8.42 Å². The third kappa shape index (κ3) is 6.35. The van der Waals surface area contributed by atoms with Gasteiger partial charge in [-0.05, 0) is 25.0 Å². The molecule has 154 valence electrons. The van der Waals surface area contributed by atoms with Gasteiger partial charge in [-0.25, -0.2) is 13.1 Å². The minimum Gasteiger partial charge on any atom is -0.359 e. The number of sulfonamides is 1. The van der Waals surface area contributed by atoms with Crippen molar-refractivity contribution in [3.63, 3.8) is 0 Å². The summed E-state index contributed by atoms with van der Waals surface area (Å²) in [7, 11) is -1.85. The highest BCUT2D eigenvalue weighted by molar-refractivity contribution is 7.89. The first-order valence-electron chi connectivity index (χ1n) is 9.44. The summed E-state index contributed by atoms with van der Waals surface area (Å²) in [6, 6.07) is 10.2. The van der Waals surface area contributed by atoms with Crippen molar-refractivity contribution in [3.8, 4) is 0 Å². The standard InChI is InChI=1S/C19H29N5O3S/c1-4-15(5-2)18-13-16(27-24-18)14-22-19(20-3)21-11-12-23-28(25,26)17-9-7-6-8-10-17/h6-10,13,15,23H,4-5,11-12,14H2,1-3H3,(H2,20,21,22). The number of guanidine groups is 1. The van der Waals surface area contributed by atoms with Crippen LogP contribution in [0.3, 0.4) is 0 Å². The van der Waals surface area contributed by atoms with Crippen molar-refractivity contribution in [1.29, 1.82) is 0 Å². The number of hydrogen-bond acceptors (Lipinski definition) is 5. The third-order valence-corrected chi connectivity index (χ3v) is 5.87. The van der Waals surface area contributed by atoms with E-state index in [-0.39, 0.29) is 11.4 Å². The second-order valence-electron chi connectivity index (χ2n) is 6.29. The van der Waals surface area contributed by atoms with Gasteiger partial charge in [-0.2, -0.15) is 0 Å². The lowest BCUT2D eigenvalue weighted by Gasteiger charge is -2.11. The molecule has 9 heteroatoms. The summed E-state index contributed by atoms with van der Waals surface area (Å²) >= 11 is 0. The normalized spacial score (nSPS) is 12.4. The summed E-state index contributed by atoms with van der Waals surface area (Å²) in [4.78, 5) is 4.37. The number of nitrogens with zero attached hydrogens (tertiary/aromatic N) is 2. The molecule has 1 heterocycles. The molecule has 0 aliphatic carbocycles. The van der Waals surface area contributed by atoms with Crippen LogP contribution in [0.2, 0.25) is 0 Å². The fourth-order valence-electron chi connectivity index (χ4n) is 2.75.